The van der Waals surface area contributed by atoms with E-state index in [0.29, 0.717) is 6.42 Å². The van der Waals surface area contributed by atoms with Crippen molar-refractivity contribution < 1.29 is 9.21 Å². The van der Waals surface area contributed by atoms with Gasteiger partial charge in [-0.1, -0.05) is 30.3 Å². The number of aromatic nitrogens is 1. The monoisotopic (exact) mass is 377 g/mol. The molecular formula is C21H19N3O2S. The third kappa shape index (κ3) is 2.96. The number of benzene rings is 2. The fourth-order valence-corrected chi connectivity index (χ4v) is 4.50. The summed E-state index contributed by atoms with van der Waals surface area (Å²) in [5.74, 6) is 0.157. The van der Waals surface area contributed by atoms with E-state index in [1.54, 1.807) is 17.6 Å². The van der Waals surface area contributed by atoms with Crippen LogP contribution in [-0.4, -0.2) is 42.0 Å². The van der Waals surface area contributed by atoms with Gasteiger partial charge in [0.25, 0.3) is 0 Å². The zero-order chi connectivity index (χ0) is 18.2. The van der Waals surface area contributed by atoms with E-state index in [1.165, 1.54) is 0 Å². The first-order chi connectivity index (χ1) is 13.3. The van der Waals surface area contributed by atoms with E-state index in [9.17, 15) is 4.79 Å². The molecule has 136 valence electrons. The van der Waals surface area contributed by atoms with Gasteiger partial charge in [-0.3, -0.25) is 4.79 Å². The highest BCUT2D eigenvalue weighted by molar-refractivity contribution is 7.13. The Morgan fingerprint density at radius 3 is 2.78 bits per heavy atom. The number of hydrogen-bond donors (Lipinski definition) is 0. The fourth-order valence-electron chi connectivity index (χ4n) is 3.80. The third-order valence-corrected chi connectivity index (χ3v) is 6.04. The molecule has 2 aromatic carbocycles. The quantitative estimate of drug-likeness (QED) is 0.543. The molecule has 1 fully saturated rings. The molecule has 0 saturated carbocycles. The molecule has 0 aliphatic carbocycles. The average molecular weight is 377 g/mol. The van der Waals surface area contributed by atoms with Gasteiger partial charge in [-0.2, -0.15) is 0 Å². The normalized spacial score (nSPS) is 15.0. The van der Waals surface area contributed by atoms with Gasteiger partial charge < -0.3 is 14.2 Å². The Labute approximate surface area is 160 Å². The van der Waals surface area contributed by atoms with Gasteiger partial charge in [0.2, 0.25) is 5.91 Å². The molecule has 6 heteroatoms. The summed E-state index contributed by atoms with van der Waals surface area (Å²) in [5.41, 5.74) is 1.80. The number of piperazine rings is 1. The molecule has 1 amide bonds. The summed E-state index contributed by atoms with van der Waals surface area (Å²) in [4.78, 5) is 21.5. The van der Waals surface area contributed by atoms with Crippen LogP contribution >= 0.6 is 11.3 Å². The summed E-state index contributed by atoms with van der Waals surface area (Å²) in [5, 5.41) is 6.39. The Morgan fingerprint density at radius 1 is 1.11 bits per heavy atom. The Balaban J connectivity index is 1.35. The fraction of sp³-hybridized carbons (Fsp3) is 0.238. The van der Waals surface area contributed by atoms with E-state index in [-0.39, 0.29) is 5.91 Å². The van der Waals surface area contributed by atoms with Gasteiger partial charge in [-0.05, 0) is 16.8 Å². The molecule has 2 aromatic heterocycles. The highest BCUT2D eigenvalue weighted by Gasteiger charge is 2.23. The molecule has 27 heavy (non-hydrogen) atoms. The molecule has 4 aromatic rings. The molecule has 0 radical (unpaired) electrons. The zero-order valence-electron chi connectivity index (χ0n) is 14.8. The van der Waals surface area contributed by atoms with Crippen LogP contribution in [0.4, 0.5) is 5.13 Å². The summed E-state index contributed by atoms with van der Waals surface area (Å²) < 4.78 is 5.73. The van der Waals surface area contributed by atoms with Gasteiger partial charge in [-0.25, -0.2) is 4.98 Å². The first kappa shape index (κ1) is 16.3. The van der Waals surface area contributed by atoms with Crippen LogP contribution in [0.2, 0.25) is 0 Å². The van der Waals surface area contributed by atoms with Gasteiger partial charge in [-0.15, -0.1) is 11.3 Å². The third-order valence-electron chi connectivity index (χ3n) is 5.20. The number of carbonyl (C=O) groups is 1. The molecule has 5 nitrogen and oxygen atoms in total. The Morgan fingerprint density at radius 2 is 1.96 bits per heavy atom. The standard InChI is InChI=1S/C21H19N3O2S/c25-19(23-8-10-24(11-9-23)21-22-7-12-27-21)13-16-14-26-18-6-5-15-3-1-2-4-17(15)20(16)18/h1-7,12,14H,8-11,13H2. The van der Waals surface area contributed by atoms with Crippen LogP contribution in [0.5, 0.6) is 0 Å². The number of thiazole rings is 1. The van der Waals surface area contributed by atoms with Gasteiger partial charge in [0.1, 0.15) is 5.58 Å². The van der Waals surface area contributed by atoms with Crippen LogP contribution in [0.1, 0.15) is 5.56 Å². The lowest BCUT2D eigenvalue weighted by atomic mass is 10.0. The van der Waals surface area contributed by atoms with Crippen molar-refractivity contribution in [1.29, 1.82) is 0 Å². The molecule has 5 rings (SSSR count). The number of rotatable bonds is 3. The number of furan rings is 1. The lowest BCUT2D eigenvalue weighted by molar-refractivity contribution is -0.130. The second-order valence-electron chi connectivity index (χ2n) is 6.78. The summed E-state index contributed by atoms with van der Waals surface area (Å²) in [7, 11) is 0. The predicted octanol–water partition coefficient (Wildman–Crippen LogP) is 3.93. The summed E-state index contributed by atoms with van der Waals surface area (Å²) in [6, 6.07) is 12.3. The molecule has 1 aliphatic heterocycles. The topological polar surface area (TPSA) is 49.6 Å². The maximum absolute atomic E-state index is 12.9. The van der Waals surface area contributed by atoms with Crippen molar-refractivity contribution in [1.82, 2.24) is 9.88 Å². The number of fused-ring (bicyclic) bond motifs is 3. The highest BCUT2D eigenvalue weighted by atomic mass is 32.1. The van der Waals surface area contributed by atoms with Crippen molar-refractivity contribution in [3.63, 3.8) is 0 Å². The number of carbonyl (C=O) groups excluding carboxylic acids is 1. The van der Waals surface area contributed by atoms with Crippen LogP contribution < -0.4 is 4.90 Å². The van der Waals surface area contributed by atoms with Crippen molar-refractivity contribution in [2.24, 2.45) is 0 Å². The summed E-state index contributed by atoms with van der Waals surface area (Å²) >= 11 is 1.64. The molecule has 0 atom stereocenters. The lowest BCUT2D eigenvalue weighted by Gasteiger charge is -2.34. The minimum Gasteiger partial charge on any atom is -0.464 e. The predicted molar refractivity (Wildman–Crippen MR) is 108 cm³/mol. The number of nitrogens with zero attached hydrogens (tertiary/aromatic N) is 3. The maximum atomic E-state index is 12.9. The van der Waals surface area contributed by atoms with Crippen molar-refractivity contribution >= 4 is 44.1 Å². The summed E-state index contributed by atoms with van der Waals surface area (Å²) in [6.45, 7) is 3.12. The molecular weight excluding hydrogens is 358 g/mol. The number of amides is 1. The second-order valence-corrected chi connectivity index (χ2v) is 7.65. The van der Waals surface area contributed by atoms with Crippen LogP contribution in [0, 0.1) is 0 Å². The highest BCUT2D eigenvalue weighted by Crippen LogP contribution is 2.30. The van der Waals surface area contributed by atoms with Crippen LogP contribution in [0.15, 0.2) is 58.7 Å². The average Bonchev–Trinajstić information content (AvgIpc) is 3.38. The van der Waals surface area contributed by atoms with Crippen LogP contribution in [-0.2, 0) is 11.2 Å². The molecule has 0 unspecified atom stereocenters. The van der Waals surface area contributed by atoms with Gasteiger partial charge in [0, 0.05) is 48.7 Å². The number of anilines is 1. The van der Waals surface area contributed by atoms with E-state index >= 15 is 0 Å². The van der Waals surface area contributed by atoms with Gasteiger partial charge in [0.15, 0.2) is 5.13 Å². The zero-order valence-corrected chi connectivity index (χ0v) is 15.6. The Hall–Kier alpha value is -2.86. The largest absolute Gasteiger partial charge is 0.464 e. The van der Waals surface area contributed by atoms with E-state index in [4.69, 9.17) is 4.42 Å². The van der Waals surface area contributed by atoms with Crippen LogP contribution in [0.3, 0.4) is 0 Å². The summed E-state index contributed by atoms with van der Waals surface area (Å²) in [6.07, 6.45) is 3.94. The first-order valence-electron chi connectivity index (χ1n) is 9.09. The maximum Gasteiger partial charge on any atom is 0.227 e. The van der Waals surface area contributed by atoms with Gasteiger partial charge >= 0.3 is 0 Å². The minimum atomic E-state index is 0.157. The Kier molecular flexibility index (Phi) is 4.05. The van der Waals surface area contributed by atoms with Crippen molar-refractivity contribution in [2.75, 3.05) is 31.1 Å². The molecule has 1 aliphatic rings. The van der Waals surface area contributed by atoms with E-state index in [1.807, 2.05) is 34.7 Å². The van der Waals surface area contributed by atoms with Crippen molar-refractivity contribution in [3.05, 3.63) is 59.8 Å². The van der Waals surface area contributed by atoms with Crippen molar-refractivity contribution in [3.8, 4) is 0 Å². The molecule has 0 N–H and O–H groups in total. The first-order valence-corrected chi connectivity index (χ1v) is 9.97. The smallest absolute Gasteiger partial charge is 0.227 e. The molecule has 1 saturated heterocycles. The van der Waals surface area contributed by atoms with Crippen molar-refractivity contribution in [2.45, 2.75) is 6.42 Å². The SMILES string of the molecule is O=C(Cc1coc2ccc3ccccc3c12)N1CCN(c2nccs2)CC1. The second kappa shape index (κ2) is 6.70. The molecule has 0 bridgehead atoms. The lowest BCUT2D eigenvalue weighted by Crippen LogP contribution is -2.49. The van der Waals surface area contributed by atoms with E-state index < -0.39 is 0 Å². The molecule has 0 spiro atoms. The van der Waals surface area contributed by atoms with E-state index in [2.05, 4.69) is 28.1 Å². The van der Waals surface area contributed by atoms with Crippen LogP contribution in [0.25, 0.3) is 21.7 Å². The number of hydrogen-bond acceptors (Lipinski definition) is 5. The molecule has 3 heterocycles. The Bertz CT molecular complexity index is 1100. The minimum absolute atomic E-state index is 0.157. The van der Waals surface area contributed by atoms with Gasteiger partial charge in [0.05, 0.1) is 12.7 Å². The van der Waals surface area contributed by atoms with E-state index in [0.717, 1.165) is 58.6 Å².